The summed E-state index contributed by atoms with van der Waals surface area (Å²) in [6.07, 6.45) is 0.151. The minimum absolute atomic E-state index is 0.0144. The number of hydrogen-bond acceptors (Lipinski definition) is 8. The number of nitrogens with zero attached hydrogens (tertiary/aromatic N) is 2. The molecule has 1 aromatic carbocycles. The minimum atomic E-state index is -1.88. The van der Waals surface area contributed by atoms with E-state index in [-0.39, 0.29) is 34.8 Å². The zero-order valence-electron chi connectivity index (χ0n) is 23.9. The molecule has 0 aromatic heterocycles. The molecule has 0 radical (unpaired) electrons. The summed E-state index contributed by atoms with van der Waals surface area (Å²) >= 11 is 4.24. The molecule has 1 aliphatic heterocycles. The van der Waals surface area contributed by atoms with Gasteiger partial charge in [0.25, 0.3) is 0 Å². The van der Waals surface area contributed by atoms with E-state index in [0.29, 0.717) is 11.1 Å². The van der Waals surface area contributed by atoms with Gasteiger partial charge in [0, 0.05) is 29.6 Å². The lowest BCUT2D eigenvalue weighted by atomic mass is 9.90. The summed E-state index contributed by atoms with van der Waals surface area (Å²) in [6.45, 7) is 11.6. The Hall–Kier alpha value is -2.09. The fourth-order valence-electron chi connectivity index (χ4n) is 3.38. The van der Waals surface area contributed by atoms with Gasteiger partial charge in [-0.15, -0.1) is 0 Å². The lowest BCUT2D eigenvalue weighted by Crippen LogP contribution is -2.44. The lowest BCUT2D eigenvalue weighted by molar-refractivity contribution is -0.144. The molecule has 1 heterocycles. The van der Waals surface area contributed by atoms with Gasteiger partial charge in [0.1, 0.15) is 49.2 Å². The lowest BCUT2D eigenvalue weighted by Gasteiger charge is -2.34. The van der Waals surface area contributed by atoms with Crippen molar-refractivity contribution in [2.75, 3.05) is 26.6 Å². The topological polar surface area (TPSA) is 94.5 Å². The normalized spacial score (nSPS) is 17.6. The molecule has 0 bridgehead atoms. The number of alkyl halides is 1. The van der Waals surface area contributed by atoms with Gasteiger partial charge < -0.3 is 14.2 Å². The standard InChI is InChI=1S/C27H37BrF2N2O6SSi/c1-18(33)12-23(34)37-15-20-14-27(16-29,21-13-19(28)8-9-22(21)30)31-24(39-20)32(25(35)38-26(2,3)4)17-36-10-11-40(5,6)7/h8-9,13-14H,10-12,15-17H2,1-7H3/t27-/m1/s1. The van der Waals surface area contributed by atoms with E-state index in [4.69, 9.17) is 14.2 Å². The zero-order chi connectivity index (χ0) is 30.3. The van der Waals surface area contributed by atoms with Crippen LogP contribution in [-0.4, -0.2) is 68.2 Å². The molecule has 1 atom stereocenters. The van der Waals surface area contributed by atoms with Gasteiger partial charge in [0.2, 0.25) is 0 Å². The Morgan fingerprint density at radius 1 is 1.20 bits per heavy atom. The van der Waals surface area contributed by atoms with E-state index in [1.807, 2.05) is 0 Å². The number of carbonyl (C=O) groups excluding carboxylic acids is 3. The first-order valence-electron chi connectivity index (χ1n) is 12.7. The van der Waals surface area contributed by atoms with Gasteiger partial charge in [0.05, 0.1) is 0 Å². The first kappa shape index (κ1) is 34.1. The summed E-state index contributed by atoms with van der Waals surface area (Å²) in [5.41, 5.74) is -2.82. The Morgan fingerprint density at radius 2 is 1.88 bits per heavy atom. The molecule has 0 saturated carbocycles. The number of rotatable bonds is 11. The van der Waals surface area contributed by atoms with Crippen LogP contribution in [-0.2, 0) is 29.3 Å². The van der Waals surface area contributed by atoms with Crippen LogP contribution in [0.2, 0.25) is 25.7 Å². The van der Waals surface area contributed by atoms with Crippen LogP contribution in [0.3, 0.4) is 0 Å². The number of hydrogen-bond donors (Lipinski definition) is 0. The summed E-state index contributed by atoms with van der Waals surface area (Å²) in [5.74, 6) is -1.86. The van der Waals surface area contributed by atoms with Crippen LogP contribution in [0.1, 0.15) is 39.7 Å². The molecule has 13 heteroatoms. The van der Waals surface area contributed by atoms with Gasteiger partial charge in [-0.1, -0.05) is 47.3 Å². The summed E-state index contributed by atoms with van der Waals surface area (Å²) in [5, 5.41) is -0.0144. The number of amidine groups is 1. The molecule has 0 unspecified atom stereocenters. The van der Waals surface area contributed by atoms with Gasteiger partial charge in [-0.3, -0.25) is 9.59 Å². The molecule has 8 nitrogen and oxygen atoms in total. The molecule has 0 saturated heterocycles. The number of esters is 1. The molecule has 1 amide bonds. The first-order valence-corrected chi connectivity index (χ1v) is 18.0. The minimum Gasteiger partial charge on any atom is -0.460 e. The van der Waals surface area contributed by atoms with E-state index in [1.54, 1.807) is 20.8 Å². The van der Waals surface area contributed by atoms with Crippen LogP contribution in [0.15, 0.2) is 38.6 Å². The fourth-order valence-corrected chi connectivity index (χ4v) is 5.55. The SMILES string of the molecule is CC(=O)CC(=O)OCC1=C[C@@](CF)(c2cc(Br)ccc2F)N=C(N(COCC[Si](C)(C)C)C(=O)OC(C)(C)C)S1. The zero-order valence-corrected chi connectivity index (χ0v) is 27.3. The van der Waals surface area contributed by atoms with Crippen molar-refractivity contribution in [3.8, 4) is 0 Å². The van der Waals surface area contributed by atoms with Crippen LogP contribution < -0.4 is 0 Å². The van der Waals surface area contributed by atoms with Gasteiger partial charge in [-0.25, -0.2) is 23.5 Å². The van der Waals surface area contributed by atoms with Crippen molar-refractivity contribution < 1.29 is 37.4 Å². The molecule has 222 valence electrons. The summed E-state index contributed by atoms with van der Waals surface area (Å²) < 4.78 is 47.2. The van der Waals surface area contributed by atoms with Crippen molar-refractivity contribution in [3.63, 3.8) is 0 Å². The van der Waals surface area contributed by atoms with Gasteiger partial charge in [0.15, 0.2) is 5.17 Å². The van der Waals surface area contributed by atoms with Crippen molar-refractivity contribution >= 4 is 58.8 Å². The summed E-state index contributed by atoms with van der Waals surface area (Å²) in [7, 11) is -1.44. The molecule has 0 fully saturated rings. The van der Waals surface area contributed by atoms with E-state index < -0.39 is 50.2 Å². The Bertz CT molecular complexity index is 1170. The van der Waals surface area contributed by atoms with E-state index >= 15 is 4.39 Å². The van der Waals surface area contributed by atoms with Crippen LogP contribution in [0.5, 0.6) is 0 Å². The van der Waals surface area contributed by atoms with Crippen molar-refractivity contribution in [2.24, 2.45) is 4.99 Å². The molecular weight excluding hydrogens is 626 g/mol. The number of benzene rings is 1. The van der Waals surface area contributed by atoms with E-state index in [9.17, 15) is 18.8 Å². The highest BCUT2D eigenvalue weighted by atomic mass is 79.9. The second-order valence-corrected chi connectivity index (χ2v) is 19.2. The molecule has 0 spiro atoms. The van der Waals surface area contributed by atoms with E-state index in [0.717, 1.165) is 22.7 Å². The largest absolute Gasteiger partial charge is 0.460 e. The van der Waals surface area contributed by atoms with Gasteiger partial charge in [-0.05, 0) is 58.0 Å². The Morgan fingerprint density at radius 3 is 2.45 bits per heavy atom. The molecular formula is C27H37BrF2N2O6SSi. The maximum atomic E-state index is 15.1. The number of halogens is 3. The highest BCUT2D eigenvalue weighted by Crippen LogP contribution is 2.41. The van der Waals surface area contributed by atoms with Crippen molar-refractivity contribution in [1.82, 2.24) is 4.90 Å². The van der Waals surface area contributed by atoms with E-state index in [1.165, 1.54) is 31.2 Å². The van der Waals surface area contributed by atoms with Crippen LogP contribution in [0.25, 0.3) is 0 Å². The third-order valence-electron chi connectivity index (χ3n) is 5.35. The molecule has 0 N–H and O–H groups in total. The third kappa shape index (κ3) is 10.7. The average molecular weight is 664 g/mol. The highest BCUT2D eigenvalue weighted by Gasteiger charge is 2.40. The van der Waals surface area contributed by atoms with Crippen LogP contribution in [0, 0.1) is 5.82 Å². The Kier molecular flexibility index (Phi) is 12.1. The summed E-state index contributed by atoms with van der Waals surface area (Å²) in [6, 6.07) is 4.90. The Balaban J connectivity index is 2.56. The number of ketones is 1. The van der Waals surface area contributed by atoms with Crippen molar-refractivity contribution in [3.05, 3.63) is 45.0 Å². The number of thioether (sulfide) groups is 1. The van der Waals surface area contributed by atoms with Crippen LogP contribution in [0.4, 0.5) is 13.6 Å². The maximum absolute atomic E-state index is 15.1. The smallest absolute Gasteiger partial charge is 0.418 e. The highest BCUT2D eigenvalue weighted by molar-refractivity contribution is 9.10. The van der Waals surface area contributed by atoms with Crippen molar-refractivity contribution in [2.45, 2.75) is 70.9 Å². The predicted octanol–water partition coefficient (Wildman–Crippen LogP) is 6.81. The molecule has 1 aromatic rings. The Labute approximate surface area is 248 Å². The van der Waals surface area contributed by atoms with E-state index in [2.05, 4.69) is 40.6 Å². The average Bonchev–Trinajstić information content (AvgIpc) is 2.81. The first-order chi connectivity index (χ1) is 18.4. The van der Waals surface area contributed by atoms with Gasteiger partial charge in [-0.2, -0.15) is 0 Å². The second kappa shape index (κ2) is 14.2. The fraction of sp³-hybridized carbons (Fsp3) is 0.556. The van der Waals surface area contributed by atoms with Gasteiger partial charge >= 0.3 is 12.1 Å². The number of Topliss-reactive ketones (excluding diaryl/α,β-unsaturated/α-hetero) is 1. The number of aliphatic imine (C=N–C) groups is 1. The third-order valence-corrected chi connectivity index (χ3v) is 8.54. The molecule has 2 rings (SSSR count). The molecule has 1 aliphatic rings. The molecule has 40 heavy (non-hydrogen) atoms. The second-order valence-electron chi connectivity index (χ2n) is 11.6. The quantitative estimate of drug-likeness (QED) is 0.0844. The van der Waals surface area contributed by atoms with Crippen molar-refractivity contribution in [1.29, 1.82) is 0 Å². The molecule has 0 aliphatic carbocycles. The number of carbonyl (C=O) groups is 3. The maximum Gasteiger partial charge on any atom is 0.418 e. The van der Waals surface area contributed by atoms with Crippen LogP contribution >= 0.6 is 27.7 Å². The monoisotopic (exact) mass is 662 g/mol. The predicted molar refractivity (Wildman–Crippen MR) is 158 cm³/mol. The number of amides is 1. The number of ether oxygens (including phenoxy) is 3. The summed E-state index contributed by atoms with van der Waals surface area (Å²) in [4.78, 5) is 42.7.